The molecule has 0 aliphatic rings. The molecule has 1 aromatic rings. The van der Waals surface area contributed by atoms with Crippen molar-refractivity contribution in [1.29, 1.82) is 0 Å². The molecule has 0 saturated heterocycles. The molecule has 0 saturated carbocycles. The van der Waals surface area contributed by atoms with Crippen LogP contribution in [0.25, 0.3) is 6.08 Å². The van der Waals surface area contributed by atoms with Crippen molar-refractivity contribution in [3.8, 4) is 0 Å². The summed E-state index contributed by atoms with van der Waals surface area (Å²) in [4.78, 5) is 33.6. The van der Waals surface area contributed by atoms with Gasteiger partial charge in [-0.05, 0) is 30.0 Å². The molecular weight excluding hydrogens is 270 g/mol. The first-order chi connectivity index (χ1) is 8.90. The van der Waals surface area contributed by atoms with Crippen molar-refractivity contribution in [3.05, 3.63) is 28.0 Å². The van der Waals surface area contributed by atoms with Gasteiger partial charge in [-0.15, -0.1) is 11.3 Å². The van der Waals surface area contributed by atoms with Gasteiger partial charge in [0.05, 0.1) is 6.42 Å². The summed E-state index contributed by atoms with van der Waals surface area (Å²) in [5.41, 5.74) is 1.01. The highest BCUT2D eigenvalue weighted by Gasteiger charge is 2.21. The zero-order chi connectivity index (χ0) is 14.4. The van der Waals surface area contributed by atoms with Crippen molar-refractivity contribution in [3.63, 3.8) is 0 Å². The minimum atomic E-state index is -1.43. The molecule has 0 unspecified atom stereocenters. The number of nitrogens with one attached hydrogen (secondary N) is 1. The number of rotatable bonds is 6. The van der Waals surface area contributed by atoms with Gasteiger partial charge in [0.2, 0.25) is 5.91 Å². The molecule has 3 N–H and O–H groups in total. The van der Waals surface area contributed by atoms with Gasteiger partial charge >= 0.3 is 11.9 Å². The Morgan fingerprint density at radius 3 is 2.58 bits per heavy atom. The van der Waals surface area contributed by atoms with Crippen LogP contribution in [-0.2, 0) is 14.4 Å². The quantitative estimate of drug-likeness (QED) is 0.679. The molecule has 1 heterocycles. The minimum Gasteiger partial charge on any atom is -0.481 e. The molecule has 19 heavy (non-hydrogen) atoms. The largest absolute Gasteiger partial charge is 0.481 e. The van der Waals surface area contributed by atoms with Crippen molar-refractivity contribution in [2.75, 3.05) is 0 Å². The third-order valence-corrected chi connectivity index (χ3v) is 3.27. The van der Waals surface area contributed by atoms with Crippen LogP contribution >= 0.6 is 11.3 Å². The van der Waals surface area contributed by atoms with E-state index < -0.39 is 30.3 Å². The summed E-state index contributed by atoms with van der Waals surface area (Å²) in [7, 11) is 0. The van der Waals surface area contributed by atoms with E-state index in [1.54, 1.807) is 6.08 Å². The van der Waals surface area contributed by atoms with E-state index in [0.717, 1.165) is 10.4 Å². The van der Waals surface area contributed by atoms with E-state index in [1.165, 1.54) is 17.4 Å². The van der Waals surface area contributed by atoms with Gasteiger partial charge in [-0.25, -0.2) is 4.79 Å². The first kappa shape index (κ1) is 14.9. The number of aliphatic carboxylic acids is 2. The monoisotopic (exact) mass is 283 g/mol. The summed E-state index contributed by atoms with van der Waals surface area (Å²) in [5, 5.41) is 21.3. The molecule has 0 radical (unpaired) electrons. The first-order valence-corrected chi connectivity index (χ1v) is 6.25. The predicted octanol–water partition coefficient (Wildman–Crippen LogP) is 1.11. The van der Waals surface area contributed by atoms with Gasteiger partial charge in [-0.3, -0.25) is 9.59 Å². The molecule has 6 nitrogen and oxygen atoms in total. The van der Waals surface area contributed by atoms with E-state index in [-0.39, 0.29) is 0 Å². The molecule has 0 spiro atoms. The average Bonchev–Trinajstić information content (AvgIpc) is 2.70. The Morgan fingerprint density at radius 1 is 1.42 bits per heavy atom. The topological polar surface area (TPSA) is 104 Å². The van der Waals surface area contributed by atoms with Crippen LogP contribution in [0.5, 0.6) is 0 Å². The van der Waals surface area contributed by atoms with Crippen LogP contribution in [0, 0.1) is 6.92 Å². The van der Waals surface area contributed by atoms with Gasteiger partial charge < -0.3 is 15.5 Å². The summed E-state index contributed by atoms with van der Waals surface area (Å²) < 4.78 is 0. The van der Waals surface area contributed by atoms with E-state index in [2.05, 4.69) is 5.32 Å². The maximum Gasteiger partial charge on any atom is 0.326 e. The van der Waals surface area contributed by atoms with Gasteiger partial charge in [0.1, 0.15) is 6.04 Å². The zero-order valence-electron chi connectivity index (χ0n) is 10.1. The van der Waals surface area contributed by atoms with E-state index >= 15 is 0 Å². The van der Waals surface area contributed by atoms with Crippen LogP contribution in [0.2, 0.25) is 0 Å². The molecule has 7 heteroatoms. The summed E-state index contributed by atoms with van der Waals surface area (Å²) in [6.07, 6.45) is 2.10. The van der Waals surface area contributed by atoms with E-state index in [4.69, 9.17) is 10.2 Å². The molecule has 0 aromatic carbocycles. The Morgan fingerprint density at radius 2 is 2.11 bits per heavy atom. The van der Waals surface area contributed by atoms with E-state index in [0.29, 0.717) is 0 Å². The fraction of sp³-hybridized carbons (Fsp3) is 0.250. The van der Waals surface area contributed by atoms with Crippen molar-refractivity contribution < 1.29 is 24.6 Å². The van der Waals surface area contributed by atoms with Crippen LogP contribution in [0.3, 0.4) is 0 Å². The molecule has 1 rings (SSSR count). The minimum absolute atomic E-state index is 0.638. The number of thiophene rings is 1. The van der Waals surface area contributed by atoms with Gasteiger partial charge in [-0.1, -0.05) is 0 Å². The second kappa shape index (κ2) is 6.69. The van der Waals surface area contributed by atoms with Gasteiger partial charge in [-0.2, -0.15) is 0 Å². The summed E-state index contributed by atoms with van der Waals surface area (Å²) in [6.45, 7) is 1.89. The van der Waals surface area contributed by atoms with Crippen LogP contribution < -0.4 is 5.32 Å². The second-order valence-corrected chi connectivity index (χ2v) is 4.75. The van der Waals surface area contributed by atoms with Crippen LogP contribution in [0.1, 0.15) is 16.9 Å². The molecular formula is C12H13NO5S. The number of carboxylic acids is 2. The lowest BCUT2D eigenvalue weighted by atomic mass is 10.2. The zero-order valence-corrected chi connectivity index (χ0v) is 10.9. The molecule has 1 amide bonds. The molecule has 0 fully saturated rings. The summed E-state index contributed by atoms with van der Waals surface area (Å²) in [6, 6.07) is 0.464. The number of hydrogen-bond acceptors (Lipinski definition) is 4. The Kier molecular flexibility index (Phi) is 5.25. The normalized spacial score (nSPS) is 12.3. The van der Waals surface area contributed by atoms with Crippen LogP contribution in [-0.4, -0.2) is 34.1 Å². The molecule has 0 aliphatic carbocycles. The SMILES string of the molecule is Cc1ccsc1/C=C/C(=O)N[C@H](CC(=O)O)C(=O)O. The van der Waals surface area contributed by atoms with Crippen LogP contribution in [0.4, 0.5) is 0 Å². The average molecular weight is 283 g/mol. The smallest absolute Gasteiger partial charge is 0.326 e. The highest BCUT2D eigenvalue weighted by Crippen LogP contribution is 2.16. The number of aryl methyl sites for hydroxylation is 1. The van der Waals surface area contributed by atoms with Crippen molar-refractivity contribution in [2.24, 2.45) is 0 Å². The Hall–Kier alpha value is -2.15. The fourth-order valence-corrected chi connectivity index (χ4v) is 2.12. The summed E-state index contributed by atoms with van der Waals surface area (Å²) >= 11 is 1.45. The van der Waals surface area contributed by atoms with E-state index in [1.807, 2.05) is 18.4 Å². The number of carbonyl (C=O) groups excluding carboxylic acids is 1. The van der Waals surface area contributed by atoms with E-state index in [9.17, 15) is 14.4 Å². The Balaban J connectivity index is 2.63. The third kappa shape index (κ3) is 4.92. The summed E-state index contributed by atoms with van der Waals surface area (Å²) in [5.74, 6) is -3.30. The highest BCUT2D eigenvalue weighted by molar-refractivity contribution is 7.11. The number of amides is 1. The lowest BCUT2D eigenvalue weighted by molar-refractivity contribution is -0.146. The number of carbonyl (C=O) groups is 3. The number of hydrogen-bond donors (Lipinski definition) is 3. The Labute approximate surface area is 113 Å². The molecule has 1 aromatic heterocycles. The fourth-order valence-electron chi connectivity index (χ4n) is 1.30. The number of carboxylic acid groups (broad SMARTS) is 2. The Bertz CT molecular complexity index is 520. The van der Waals surface area contributed by atoms with Crippen molar-refractivity contribution >= 4 is 35.3 Å². The van der Waals surface area contributed by atoms with Gasteiger partial charge in [0, 0.05) is 11.0 Å². The molecule has 102 valence electrons. The highest BCUT2D eigenvalue weighted by atomic mass is 32.1. The molecule has 0 aliphatic heterocycles. The maximum atomic E-state index is 11.5. The third-order valence-electron chi connectivity index (χ3n) is 2.28. The molecule has 1 atom stereocenters. The maximum absolute atomic E-state index is 11.5. The lowest BCUT2D eigenvalue weighted by Crippen LogP contribution is -2.41. The van der Waals surface area contributed by atoms with Crippen molar-refractivity contribution in [1.82, 2.24) is 5.32 Å². The van der Waals surface area contributed by atoms with Crippen molar-refractivity contribution in [2.45, 2.75) is 19.4 Å². The first-order valence-electron chi connectivity index (χ1n) is 5.37. The standard InChI is InChI=1S/C12H13NO5S/c1-7-4-5-19-9(7)2-3-10(14)13-8(12(17)18)6-11(15)16/h2-5,8H,6H2,1H3,(H,13,14)(H,15,16)(H,17,18)/b3-2+/t8-/m1/s1. The van der Waals surface area contributed by atoms with Gasteiger partial charge in [0.25, 0.3) is 0 Å². The van der Waals surface area contributed by atoms with Gasteiger partial charge in [0.15, 0.2) is 0 Å². The lowest BCUT2D eigenvalue weighted by Gasteiger charge is -2.10. The van der Waals surface area contributed by atoms with Crippen LogP contribution in [0.15, 0.2) is 17.5 Å². The molecule has 0 bridgehead atoms. The predicted molar refractivity (Wildman–Crippen MR) is 69.9 cm³/mol. The second-order valence-electron chi connectivity index (χ2n) is 3.80.